The topological polar surface area (TPSA) is 129 Å². The highest BCUT2D eigenvalue weighted by molar-refractivity contribution is 6.01. The van der Waals surface area contributed by atoms with Crippen LogP contribution < -0.4 is 15.5 Å². The van der Waals surface area contributed by atoms with Crippen molar-refractivity contribution in [2.24, 2.45) is 0 Å². The van der Waals surface area contributed by atoms with Gasteiger partial charge in [-0.25, -0.2) is 14.4 Å². The van der Waals surface area contributed by atoms with E-state index < -0.39 is 5.67 Å². The van der Waals surface area contributed by atoms with Gasteiger partial charge in [0, 0.05) is 70.4 Å². The number of benzene rings is 1. The molecule has 6 heterocycles. The summed E-state index contributed by atoms with van der Waals surface area (Å²) in [5, 5.41) is 6.53. The monoisotopic (exact) mass is 721 g/mol. The molecule has 4 aromatic rings. The molecule has 278 valence electrons. The molecule has 0 bridgehead atoms. The molecule has 1 atom stereocenters. The van der Waals surface area contributed by atoms with E-state index in [2.05, 4.69) is 41.0 Å². The first-order valence-corrected chi connectivity index (χ1v) is 19.1. The third kappa shape index (κ3) is 7.36. The van der Waals surface area contributed by atoms with E-state index in [1.165, 1.54) is 0 Å². The highest BCUT2D eigenvalue weighted by Crippen LogP contribution is 2.36. The first-order valence-electron chi connectivity index (χ1n) is 19.1. The highest BCUT2D eigenvalue weighted by Gasteiger charge is 2.40. The lowest BCUT2D eigenvalue weighted by atomic mass is 9.85. The fourth-order valence-electron chi connectivity index (χ4n) is 8.49. The van der Waals surface area contributed by atoms with Gasteiger partial charge in [-0.3, -0.25) is 24.6 Å². The van der Waals surface area contributed by atoms with Crippen LogP contribution in [0.2, 0.25) is 0 Å². The number of carbonyl (C=O) groups excluding carboxylic acids is 3. The van der Waals surface area contributed by atoms with Crippen LogP contribution in [0.15, 0.2) is 54.9 Å². The van der Waals surface area contributed by atoms with Crippen LogP contribution in [-0.4, -0.2) is 99.0 Å². The minimum atomic E-state index is -1.17. The summed E-state index contributed by atoms with van der Waals surface area (Å²) >= 11 is 0. The lowest BCUT2D eigenvalue weighted by Gasteiger charge is -2.49. The molecule has 53 heavy (non-hydrogen) atoms. The van der Waals surface area contributed by atoms with Gasteiger partial charge in [0.15, 0.2) is 0 Å². The second-order valence-electron chi connectivity index (χ2n) is 15.5. The van der Waals surface area contributed by atoms with Crippen molar-refractivity contribution in [2.75, 3.05) is 50.5 Å². The summed E-state index contributed by atoms with van der Waals surface area (Å²) in [5.74, 6) is 0.315. The zero-order chi connectivity index (χ0) is 36.7. The van der Waals surface area contributed by atoms with E-state index in [0.717, 1.165) is 79.7 Å². The number of halogens is 1. The molecule has 4 fully saturated rings. The Morgan fingerprint density at radius 2 is 1.74 bits per heavy atom. The number of anilines is 3. The molecular formula is C40H48FN9O3. The van der Waals surface area contributed by atoms with Crippen LogP contribution >= 0.6 is 0 Å². The number of aryl methyl sites for hydroxylation is 1. The minimum absolute atomic E-state index is 0.0322. The Labute approximate surface area is 309 Å². The molecule has 1 unspecified atom stereocenters. The molecule has 8 rings (SSSR count). The third-order valence-electron chi connectivity index (χ3n) is 11.8. The number of amides is 3. The minimum Gasteiger partial charge on any atom is -0.367 e. The van der Waals surface area contributed by atoms with Gasteiger partial charge in [-0.2, -0.15) is 4.98 Å². The number of aromatic nitrogens is 4. The number of nitrogens with zero attached hydrogens (tertiary/aromatic N) is 7. The summed E-state index contributed by atoms with van der Waals surface area (Å²) in [4.78, 5) is 57.1. The van der Waals surface area contributed by atoms with Gasteiger partial charge < -0.3 is 19.7 Å². The van der Waals surface area contributed by atoms with Crippen LogP contribution in [0, 0.1) is 0 Å². The van der Waals surface area contributed by atoms with Crippen molar-refractivity contribution in [3.63, 3.8) is 0 Å². The Kier molecular flexibility index (Phi) is 9.61. The van der Waals surface area contributed by atoms with E-state index in [4.69, 9.17) is 4.98 Å². The number of imide groups is 1. The Hall–Kier alpha value is -4.91. The van der Waals surface area contributed by atoms with Crippen molar-refractivity contribution in [2.45, 2.75) is 87.9 Å². The van der Waals surface area contributed by atoms with E-state index in [1.54, 1.807) is 25.2 Å². The number of nitrogens with one attached hydrogen (secondary N) is 2. The van der Waals surface area contributed by atoms with Crippen molar-refractivity contribution in [1.29, 1.82) is 0 Å². The molecule has 1 saturated carbocycles. The molecule has 12 nitrogen and oxygen atoms in total. The molecule has 3 saturated heterocycles. The summed E-state index contributed by atoms with van der Waals surface area (Å²) in [6.45, 7) is 3.28. The zero-order valence-corrected chi connectivity index (χ0v) is 30.6. The predicted octanol–water partition coefficient (Wildman–Crippen LogP) is 5.53. The number of fused-ring (bicyclic) bond motifs is 1. The fourth-order valence-corrected chi connectivity index (χ4v) is 8.49. The van der Waals surface area contributed by atoms with Crippen molar-refractivity contribution >= 4 is 46.2 Å². The Morgan fingerprint density at radius 1 is 0.981 bits per heavy atom. The maximum atomic E-state index is 15.9. The molecule has 3 aromatic heterocycles. The van der Waals surface area contributed by atoms with Gasteiger partial charge in [-0.15, -0.1) is 0 Å². The van der Waals surface area contributed by atoms with Crippen LogP contribution in [0.3, 0.4) is 0 Å². The van der Waals surface area contributed by atoms with Gasteiger partial charge in [0.05, 0.1) is 17.8 Å². The molecule has 13 heteroatoms. The van der Waals surface area contributed by atoms with Gasteiger partial charge in [-0.1, -0.05) is 37.1 Å². The van der Waals surface area contributed by atoms with E-state index in [0.29, 0.717) is 62.0 Å². The maximum absolute atomic E-state index is 15.9. The quantitative estimate of drug-likeness (QED) is 0.203. The van der Waals surface area contributed by atoms with E-state index in [-0.39, 0.29) is 29.7 Å². The number of rotatable bonds is 10. The summed E-state index contributed by atoms with van der Waals surface area (Å²) < 4.78 is 18.0. The number of hydrogen-bond donors (Lipinski definition) is 2. The van der Waals surface area contributed by atoms with E-state index in [9.17, 15) is 14.4 Å². The van der Waals surface area contributed by atoms with Gasteiger partial charge in [0.2, 0.25) is 17.8 Å². The fraction of sp³-hybridized carbons (Fsp3) is 0.500. The van der Waals surface area contributed by atoms with Crippen molar-refractivity contribution in [1.82, 2.24) is 34.6 Å². The first-order chi connectivity index (χ1) is 25.6. The lowest BCUT2D eigenvalue weighted by Crippen LogP contribution is -2.62. The standard InChI is InChI=1S/C40H48FN9O3/c1-47(2)38(53)33-21-28-22-43-39(46-36(28)50(33)29-5-3-4-6-29)44-34-13-11-30(23-42-34)49-24-31(25-49)48-19-17-40(41,18-20-48)16-15-26-7-9-27(10-8-26)32-12-14-35(51)45-37(32)52/h7-11,13,21-23,29,31-32H,3-6,12,14-20,24-25H2,1-2H3,(H,45,51,52)(H,42,43,44,46). The number of carbonyl (C=O) groups is 3. The largest absolute Gasteiger partial charge is 0.367 e. The average molecular weight is 722 g/mol. The summed E-state index contributed by atoms with van der Waals surface area (Å²) in [5.41, 5.74) is 3.27. The first kappa shape index (κ1) is 35.1. The molecule has 1 aromatic carbocycles. The third-order valence-corrected chi connectivity index (χ3v) is 11.8. The number of likely N-dealkylation sites (tertiary alicyclic amines) is 1. The van der Waals surface area contributed by atoms with E-state index >= 15 is 4.39 Å². The molecule has 3 amide bonds. The SMILES string of the molecule is CN(C)C(=O)c1cc2cnc(Nc3ccc(N4CC(N5CCC(F)(CCc6ccc(C7CCC(=O)NC7=O)cc6)CC5)C4)cn3)nc2n1C1CCCC1. The van der Waals surface area contributed by atoms with Gasteiger partial charge in [0.25, 0.3) is 5.91 Å². The Balaban J connectivity index is 0.815. The molecule has 0 radical (unpaired) electrons. The lowest BCUT2D eigenvalue weighted by molar-refractivity contribution is -0.134. The van der Waals surface area contributed by atoms with Crippen LogP contribution in [-0.2, 0) is 16.0 Å². The summed E-state index contributed by atoms with van der Waals surface area (Å²) in [7, 11) is 3.55. The van der Waals surface area contributed by atoms with Crippen molar-refractivity contribution < 1.29 is 18.8 Å². The number of hydrogen-bond acceptors (Lipinski definition) is 9. The smallest absolute Gasteiger partial charge is 0.270 e. The van der Waals surface area contributed by atoms with Crippen LogP contribution in [0.25, 0.3) is 11.0 Å². The molecule has 4 aliphatic rings. The second kappa shape index (κ2) is 14.5. The molecule has 1 aliphatic carbocycles. The molecular weight excluding hydrogens is 673 g/mol. The summed E-state index contributed by atoms with van der Waals surface area (Å²) in [6.07, 6.45) is 11.1. The number of piperidine rings is 2. The van der Waals surface area contributed by atoms with Gasteiger partial charge >= 0.3 is 0 Å². The van der Waals surface area contributed by atoms with Gasteiger partial charge in [-0.05, 0) is 74.3 Å². The highest BCUT2D eigenvalue weighted by atomic mass is 19.1. The molecule has 3 aliphatic heterocycles. The molecule has 0 spiro atoms. The predicted molar refractivity (Wildman–Crippen MR) is 201 cm³/mol. The second-order valence-corrected chi connectivity index (χ2v) is 15.5. The normalized spacial score (nSPS) is 21.1. The zero-order valence-electron chi connectivity index (χ0n) is 30.6. The number of pyridine rings is 1. The van der Waals surface area contributed by atoms with Gasteiger partial charge in [0.1, 0.15) is 22.8 Å². The van der Waals surface area contributed by atoms with Crippen molar-refractivity contribution in [3.05, 3.63) is 71.7 Å². The van der Waals surface area contributed by atoms with E-state index in [1.807, 2.05) is 42.6 Å². The number of alkyl halides is 1. The Morgan fingerprint density at radius 3 is 2.42 bits per heavy atom. The van der Waals surface area contributed by atoms with Crippen molar-refractivity contribution in [3.8, 4) is 0 Å². The maximum Gasteiger partial charge on any atom is 0.270 e. The van der Waals surface area contributed by atoms with Crippen LogP contribution in [0.4, 0.5) is 21.8 Å². The Bertz CT molecular complexity index is 1980. The van der Waals surface area contributed by atoms with Crippen LogP contribution in [0.1, 0.15) is 91.4 Å². The average Bonchev–Trinajstić information content (AvgIpc) is 3.80. The molecule has 2 N–H and O–H groups in total. The van der Waals surface area contributed by atoms with Crippen LogP contribution in [0.5, 0.6) is 0 Å². The summed E-state index contributed by atoms with van der Waals surface area (Å²) in [6, 6.07) is 14.4.